The van der Waals surface area contributed by atoms with E-state index in [4.69, 9.17) is 21.1 Å². The molecule has 1 amide bonds. The van der Waals surface area contributed by atoms with Gasteiger partial charge in [-0.3, -0.25) is 4.79 Å². The summed E-state index contributed by atoms with van der Waals surface area (Å²) in [7, 11) is 2.66. The van der Waals surface area contributed by atoms with Gasteiger partial charge in [-0.2, -0.15) is 0 Å². The number of carbonyl (C=O) groups is 2. The van der Waals surface area contributed by atoms with Crippen molar-refractivity contribution in [2.24, 2.45) is 0 Å². The second kappa shape index (κ2) is 11.8. The van der Waals surface area contributed by atoms with Crippen LogP contribution in [0.5, 0.6) is 28.7 Å². The molecule has 0 radical (unpaired) electrons. The number of esters is 1. The van der Waals surface area contributed by atoms with Crippen LogP contribution < -0.4 is 14.8 Å². The fourth-order valence-corrected chi connectivity index (χ4v) is 2.89. The molecule has 3 rings (SSSR count). The molecule has 4 N–H and O–H groups in total. The van der Waals surface area contributed by atoms with Crippen molar-refractivity contribution in [3.63, 3.8) is 0 Å². The Morgan fingerprint density at radius 2 is 1.77 bits per heavy atom. The van der Waals surface area contributed by atoms with Gasteiger partial charge < -0.3 is 34.8 Å². The fourth-order valence-electron chi connectivity index (χ4n) is 2.61. The zero-order valence-electron chi connectivity index (χ0n) is 17.9. The molecule has 2 aromatic rings. The minimum absolute atomic E-state index is 0.00259. The highest BCUT2D eigenvalue weighted by Gasteiger charge is 2.21. The number of methoxy groups -OCH3 is 2. The molecule has 0 bridgehead atoms. The van der Waals surface area contributed by atoms with Gasteiger partial charge in [-0.1, -0.05) is 32.4 Å². The van der Waals surface area contributed by atoms with E-state index in [1.54, 1.807) is 6.92 Å². The Bertz CT molecular complexity index is 946. The lowest BCUT2D eigenvalue weighted by Gasteiger charge is -2.18. The first kappa shape index (κ1) is 25.7. The van der Waals surface area contributed by atoms with Crippen LogP contribution in [-0.2, 0) is 16.0 Å². The largest absolute Gasteiger partial charge is 0.507 e. The molecule has 0 saturated heterocycles. The van der Waals surface area contributed by atoms with Gasteiger partial charge in [-0.15, -0.1) is 0 Å². The van der Waals surface area contributed by atoms with Crippen molar-refractivity contribution in [1.29, 1.82) is 0 Å². The van der Waals surface area contributed by atoms with Gasteiger partial charge in [-0.25, -0.2) is 4.79 Å². The van der Waals surface area contributed by atoms with Crippen LogP contribution in [0.2, 0.25) is 5.02 Å². The van der Waals surface area contributed by atoms with E-state index in [-0.39, 0.29) is 40.3 Å². The molecule has 1 heterocycles. The maximum atomic E-state index is 11.4. The molecule has 170 valence electrons. The van der Waals surface area contributed by atoms with E-state index in [1.165, 1.54) is 26.4 Å². The third kappa shape index (κ3) is 6.08. The molecule has 0 unspecified atom stereocenters. The summed E-state index contributed by atoms with van der Waals surface area (Å²) >= 11 is 5.80. The van der Waals surface area contributed by atoms with Gasteiger partial charge in [0.2, 0.25) is 0 Å². The van der Waals surface area contributed by atoms with Crippen molar-refractivity contribution in [3.05, 3.63) is 34.3 Å². The average molecular weight is 456 g/mol. The Balaban J connectivity index is 0.000000287. The molecule has 1 aliphatic heterocycles. The van der Waals surface area contributed by atoms with Gasteiger partial charge in [0, 0.05) is 18.2 Å². The number of hydrogen-bond acceptors (Lipinski definition) is 8. The van der Waals surface area contributed by atoms with E-state index in [1.807, 2.05) is 13.8 Å². The summed E-state index contributed by atoms with van der Waals surface area (Å²) in [5.41, 5.74) is 0.836. The van der Waals surface area contributed by atoms with Crippen molar-refractivity contribution in [3.8, 4) is 28.7 Å². The van der Waals surface area contributed by atoms with Crippen LogP contribution in [0.25, 0.3) is 0 Å². The molecule has 0 fully saturated rings. The zero-order chi connectivity index (χ0) is 23.7. The van der Waals surface area contributed by atoms with E-state index >= 15 is 0 Å². The fraction of sp³-hybridized carbons (Fsp3) is 0.333. The number of benzene rings is 2. The first-order valence-corrected chi connectivity index (χ1v) is 9.76. The molecular formula is C21H26ClNO8. The van der Waals surface area contributed by atoms with Crippen molar-refractivity contribution in [2.75, 3.05) is 26.1 Å². The summed E-state index contributed by atoms with van der Waals surface area (Å²) in [4.78, 5) is 22.3. The number of carbonyl (C=O) groups excluding carboxylic acids is 2. The number of rotatable bonds is 3. The number of fused-ring (bicyclic) bond motifs is 1. The Labute approximate surface area is 185 Å². The summed E-state index contributed by atoms with van der Waals surface area (Å²) in [6, 6.07) is 3.95. The quantitative estimate of drug-likeness (QED) is 0.512. The molecule has 0 aromatic heterocycles. The Kier molecular flexibility index (Phi) is 9.75. The molecule has 10 heteroatoms. The summed E-state index contributed by atoms with van der Waals surface area (Å²) < 4.78 is 14.5. The predicted molar refractivity (Wildman–Crippen MR) is 116 cm³/mol. The third-order valence-electron chi connectivity index (χ3n) is 3.98. The molecule has 0 saturated carbocycles. The van der Waals surface area contributed by atoms with Crippen LogP contribution in [0.4, 0.5) is 5.69 Å². The second-order valence-electron chi connectivity index (χ2n) is 5.78. The number of anilines is 1. The number of ether oxygens (including phenoxy) is 3. The molecule has 0 spiro atoms. The molecule has 9 nitrogen and oxygen atoms in total. The van der Waals surface area contributed by atoms with Gasteiger partial charge in [0.1, 0.15) is 22.8 Å². The normalized spacial score (nSPS) is 11.4. The highest BCUT2D eigenvalue weighted by atomic mass is 35.5. The minimum Gasteiger partial charge on any atom is -0.507 e. The van der Waals surface area contributed by atoms with Crippen LogP contribution in [0.3, 0.4) is 0 Å². The summed E-state index contributed by atoms with van der Waals surface area (Å²) in [6.07, 6.45) is 0.408. The lowest BCUT2D eigenvalue weighted by atomic mass is 10.0. The summed E-state index contributed by atoms with van der Waals surface area (Å²) in [6.45, 7) is 5.74. The van der Waals surface area contributed by atoms with Gasteiger partial charge in [-0.05, 0) is 12.0 Å². The summed E-state index contributed by atoms with van der Waals surface area (Å²) in [5.74, 6) is -0.705. The van der Waals surface area contributed by atoms with E-state index in [2.05, 4.69) is 10.1 Å². The van der Waals surface area contributed by atoms with Crippen LogP contribution in [0.1, 0.15) is 36.7 Å². The highest BCUT2D eigenvalue weighted by Crippen LogP contribution is 2.38. The van der Waals surface area contributed by atoms with E-state index in [9.17, 15) is 24.9 Å². The van der Waals surface area contributed by atoms with E-state index in [0.29, 0.717) is 29.2 Å². The number of phenolic OH excluding ortho intramolecular Hbond substituents is 3. The van der Waals surface area contributed by atoms with Crippen molar-refractivity contribution in [2.45, 2.75) is 27.2 Å². The predicted octanol–water partition coefficient (Wildman–Crippen LogP) is 3.86. The Morgan fingerprint density at radius 3 is 2.32 bits per heavy atom. The number of halogens is 1. The van der Waals surface area contributed by atoms with Crippen LogP contribution in [0, 0.1) is 0 Å². The average Bonchev–Trinajstić information content (AvgIpc) is 2.76. The molecular weight excluding hydrogens is 430 g/mol. The second-order valence-corrected chi connectivity index (χ2v) is 6.16. The van der Waals surface area contributed by atoms with Crippen molar-refractivity contribution >= 4 is 29.2 Å². The number of nitrogens with one attached hydrogen (secondary N) is 1. The van der Waals surface area contributed by atoms with Gasteiger partial charge in [0.25, 0.3) is 5.91 Å². The van der Waals surface area contributed by atoms with Crippen LogP contribution >= 0.6 is 11.6 Å². The molecule has 1 aliphatic rings. The molecule has 0 aliphatic carbocycles. The van der Waals surface area contributed by atoms with Crippen LogP contribution in [0.15, 0.2) is 18.2 Å². The van der Waals surface area contributed by atoms with Gasteiger partial charge >= 0.3 is 5.97 Å². The van der Waals surface area contributed by atoms with E-state index in [0.717, 1.165) is 6.07 Å². The standard InChI is InChI=1S/C10H11ClO4.C9H9NO4.C2H6/c1-3-5-8(10(14)15-2)6(12)4-7(13)9(5)11;1-13-8-3-7-5(2-6(8)11)10-9(12)4-14-7;1-2/h4,12-13H,3H2,1-2H3;2-3,11H,4H2,1H3,(H,10,12);1-2H3. The van der Waals surface area contributed by atoms with Gasteiger partial charge in [0.15, 0.2) is 18.1 Å². The number of aromatic hydroxyl groups is 3. The Morgan fingerprint density at radius 1 is 1.13 bits per heavy atom. The molecule has 31 heavy (non-hydrogen) atoms. The molecule has 0 atom stereocenters. The van der Waals surface area contributed by atoms with Gasteiger partial charge in [0.05, 0.1) is 24.9 Å². The van der Waals surface area contributed by atoms with E-state index < -0.39 is 5.97 Å². The number of amides is 1. The lowest BCUT2D eigenvalue weighted by Crippen LogP contribution is -2.25. The first-order valence-electron chi connectivity index (χ1n) is 9.38. The lowest BCUT2D eigenvalue weighted by molar-refractivity contribution is -0.118. The zero-order valence-corrected chi connectivity index (χ0v) is 18.7. The summed E-state index contributed by atoms with van der Waals surface area (Å²) in [5, 5.41) is 30.9. The molecule has 2 aromatic carbocycles. The maximum absolute atomic E-state index is 11.4. The minimum atomic E-state index is -0.675. The van der Waals surface area contributed by atoms with Crippen molar-refractivity contribution < 1.29 is 39.1 Å². The van der Waals surface area contributed by atoms with Crippen molar-refractivity contribution in [1.82, 2.24) is 0 Å². The first-order chi connectivity index (χ1) is 14.7. The SMILES string of the molecule is CC.CCc1c(Cl)c(O)cc(O)c1C(=O)OC.COc1cc2c(cc1O)NC(=O)CO2. The Hall–Kier alpha value is -3.33. The maximum Gasteiger partial charge on any atom is 0.341 e. The number of hydrogen-bond donors (Lipinski definition) is 4. The third-order valence-corrected chi connectivity index (χ3v) is 4.40. The highest BCUT2D eigenvalue weighted by molar-refractivity contribution is 6.33. The topological polar surface area (TPSA) is 135 Å². The van der Waals surface area contributed by atoms with Crippen LogP contribution in [-0.4, -0.2) is 48.0 Å². The smallest absolute Gasteiger partial charge is 0.341 e. The number of phenols is 3. The monoisotopic (exact) mass is 455 g/mol.